The van der Waals surface area contributed by atoms with Crippen molar-refractivity contribution in [2.75, 3.05) is 11.5 Å². The maximum Gasteiger partial charge on any atom is 0.191 e. The Hall–Kier alpha value is -1.45. The van der Waals surface area contributed by atoms with Crippen molar-refractivity contribution in [1.82, 2.24) is 14.8 Å². The van der Waals surface area contributed by atoms with Crippen molar-refractivity contribution in [3.63, 3.8) is 0 Å². The first-order valence-corrected chi connectivity index (χ1v) is 9.26. The number of aromatic nitrogens is 3. The van der Waals surface area contributed by atoms with Crippen LogP contribution in [0.1, 0.15) is 0 Å². The predicted molar refractivity (Wildman–Crippen MR) is 80.7 cm³/mol. The summed E-state index contributed by atoms with van der Waals surface area (Å²) in [6.45, 7) is 0. The second kappa shape index (κ2) is 5.64. The number of aliphatic hydroxyl groups is 1. The van der Waals surface area contributed by atoms with Crippen LogP contribution in [0.15, 0.2) is 29.4 Å². The molecule has 0 amide bonds. The van der Waals surface area contributed by atoms with Crippen molar-refractivity contribution < 1.29 is 17.9 Å². The van der Waals surface area contributed by atoms with Gasteiger partial charge in [-0.25, -0.2) is 12.8 Å². The van der Waals surface area contributed by atoms with Gasteiger partial charge in [-0.1, -0.05) is 11.8 Å². The van der Waals surface area contributed by atoms with Crippen LogP contribution in [0.25, 0.3) is 11.4 Å². The van der Waals surface area contributed by atoms with E-state index >= 15 is 0 Å². The summed E-state index contributed by atoms with van der Waals surface area (Å²) in [4.78, 5) is 0. The van der Waals surface area contributed by atoms with Gasteiger partial charge in [-0.15, -0.1) is 10.2 Å². The minimum absolute atomic E-state index is 0.0719. The normalized spacial score (nSPS) is 23.8. The van der Waals surface area contributed by atoms with E-state index in [9.17, 15) is 17.9 Å². The van der Waals surface area contributed by atoms with E-state index in [1.54, 1.807) is 23.7 Å². The van der Waals surface area contributed by atoms with E-state index in [1.807, 2.05) is 0 Å². The Labute approximate surface area is 131 Å². The lowest BCUT2D eigenvalue weighted by atomic mass is 10.2. The third-order valence-corrected chi connectivity index (χ3v) is 6.74. The minimum Gasteiger partial charge on any atom is -0.391 e. The number of hydrogen-bond donors (Lipinski definition) is 1. The second-order valence-corrected chi connectivity index (χ2v) is 8.53. The van der Waals surface area contributed by atoms with E-state index in [0.717, 1.165) is 0 Å². The van der Waals surface area contributed by atoms with Crippen molar-refractivity contribution in [1.29, 1.82) is 0 Å². The predicted octanol–water partition coefficient (Wildman–Crippen LogP) is 0.871. The first kappa shape index (κ1) is 15.4. The molecule has 1 aliphatic heterocycles. The van der Waals surface area contributed by atoms with Crippen molar-refractivity contribution in [3.05, 3.63) is 30.1 Å². The van der Waals surface area contributed by atoms with Crippen LogP contribution >= 0.6 is 11.8 Å². The molecule has 1 aromatic carbocycles. The number of hydrogen-bond acceptors (Lipinski definition) is 6. The fourth-order valence-corrected chi connectivity index (χ4v) is 5.80. The molecule has 0 saturated carbocycles. The number of aliphatic hydroxyl groups excluding tert-OH is 1. The van der Waals surface area contributed by atoms with Gasteiger partial charge in [0.1, 0.15) is 5.82 Å². The average molecular weight is 343 g/mol. The molecular formula is C13H14FN3O3S2. The second-order valence-electron chi connectivity index (χ2n) is 5.17. The molecule has 3 rings (SSSR count). The number of halogens is 1. The number of rotatable bonds is 3. The van der Waals surface area contributed by atoms with Gasteiger partial charge >= 0.3 is 0 Å². The molecule has 0 unspecified atom stereocenters. The molecule has 2 atom stereocenters. The number of nitrogens with zero attached hydrogens (tertiary/aromatic N) is 3. The van der Waals surface area contributed by atoms with E-state index in [1.165, 1.54) is 23.9 Å². The summed E-state index contributed by atoms with van der Waals surface area (Å²) in [5.74, 6) is -0.0668. The van der Waals surface area contributed by atoms with Crippen LogP contribution in [-0.2, 0) is 16.9 Å². The quantitative estimate of drug-likeness (QED) is 0.890. The fourth-order valence-electron chi connectivity index (χ4n) is 2.31. The van der Waals surface area contributed by atoms with Gasteiger partial charge in [-0.05, 0) is 24.3 Å². The van der Waals surface area contributed by atoms with Gasteiger partial charge < -0.3 is 9.67 Å². The van der Waals surface area contributed by atoms with Gasteiger partial charge in [-0.3, -0.25) is 0 Å². The van der Waals surface area contributed by atoms with Crippen molar-refractivity contribution >= 4 is 21.6 Å². The Balaban J connectivity index is 1.84. The zero-order valence-electron chi connectivity index (χ0n) is 11.7. The monoisotopic (exact) mass is 343 g/mol. The first-order valence-electron chi connectivity index (χ1n) is 6.56. The third kappa shape index (κ3) is 3.01. The van der Waals surface area contributed by atoms with Gasteiger partial charge in [0, 0.05) is 12.6 Å². The maximum absolute atomic E-state index is 13.0. The van der Waals surface area contributed by atoms with Gasteiger partial charge in [0.15, 0.2) is 20.8 Å². The molecule has 2 aromatic rings. The van der Waals surface area contributed by atoms with Crippen LogP contribution in [-0.4, -0.2) is 51.1 Å². The highest BCUT2D eigenvalue weighted by Crippen LogP contribution is 2.31. The molecule has 0 aliphatic carbocycles. The Kier molecular flexibility index (Phi) is 3.96. The summed E-state index contributed by atoms with van der Waals surface area (Å²) >= 11 is 1.19. The minimum atomic E-state index is -3.20. The zero-order chi connectivity index (χ0) is 15.9. The van der Waals surface area contributed by atoms with E-state index in [-0.39, 0.29) is 17.3 Å². The fraction of sp³-hybridized carbons (Fsp3) is 0.385. The highest BCUT2D eigenvalue weighted by Gasteiger charge is 2.38. The molecule has 118 valence electrons. The van der Waals surface area contributed by atoms with Crippen LogP contribution in [0.4, 0.5) is 4.39 Å². The van der Waals surface area contributed by atoms with Gasteiger partial charge in [0.05, 0.1) is 22.9 Å². The summed E-state index contributed by atoms with van der Waals surface area (Å²) in [7, 11) is -1.45. The molecule has 22 heavy (non-hydrogen) atoms. The van der Waals surface area contributed by atoms with E-state index < -0.39 is 21.2 Å². The summed E-state index contributed by atoms with van der Waals surface area (Å²) in [5, 5.41) is 18.0. The molecule has 2 heterocycles. The van der Waals surface area contributed by atoms with Crippen LogP contribution < -0.4 is 0 Å². The third-order valence-electron chi connectivity index (χ3n) is 3.47. The average Bonchev–Trinajstić information content (AvgIpc) is 2.92. The van der Waals surface area contributed by atoms with Crippen LogP contribution in [0.3, 0.4) is 0 Å². The Morgan fingerprint density at radius 1 is 1.27 bits per heavy atom. The smallest absolute Gasteiger partial charge is 0.191 e. The molecule has 1 aliphatic rings. The SMILES string of the molecule is Cn1c(S[C@@H]2CS(=O)(=O)C[C@H]2O)nnc1-c1ccc(F)cc1. The van der Waals surface area contributed by atoms with E-state index in [2.05, 4.69) is 10.2 Å². The first-order chi connectivity index (χ1) is 10.4. The number of benzene rings is 1. The van der Waals surface area contributed by atoms with Crippen LogP contribution in [0, 0.1) is 5.82 Å². The molecule has 0 radical (unpaired) electrons. The molecule has 6 nitrogen and oxygen atoms in total. The van der Waals surface area contributed by atoms with Gasteiger partial charge in [0.2, 0.25) is 0 Å². The Morgan fingerprint density at radius 2 is 1.95 bits per heavy atom. The summed E-state index contributed by atoms with van der Waals surface area (Å²) in [6, 6.07) is 5.87. The lowest BCUT2D eigenvalue weighted by Crippen LogP contribution is -2.20. The van der Waals surface area contributed by atoms with E-state index in [4.69, 9.17) is 0 Å². The highest BCUT2D eigenvalue weighted by molar-refractivity contribution is 8.01. The zero-order valence-corrected chi connectivity index (χ0v) is 13.3. The topological polar surface area (TPSA) is 85.1 Å². The molecule has 0 bridgehead atoms. The lowest BCUT2D eigenvalue weighted by molar-refractivity contribution is 0.207. The van der Waals surface area contributed by atoms with Gasteiger partial charge in [0.25, 0.3) is 0 Å². The van der Waals surface area contributed by atoms with Crippen molar-refractivity contribution in [2.24, 2.45) is 7.05 Å². The Bertz CT molecular complexity index is 789. The standard InChI is InChI=1S/C13H14FN3O3S2/c1-17-12(8-2-4-9(14)5-3-8)15-16-13(17)21-11-7-22(19,20)6-10(11)18/h2-5,10-11,18H,6-7H2,1H3/t10-,11-/m1/s1. The summed E-state index contributed by atoms with van der Waals surface area (Å²) < 4.78 is 37.7. The molecule has 0 spiro atoms. The van der Waals surface area contributed by atoms with Crippen LogP contribution in [0.5, 0.6) is 0 Å². The molecule has 1 saturated heterocycles. The number of thioether (sulfide) groups is 1. The van der Waals surface area contributed by atoms with Crippen molar-refractivity contribution in [3.8, 4) is 11.4 Å². The van der Waals surface area contributed by atoms with Crippen LogP contribution in [0.2, 0.25) is 0 Å². The lowest BCUT2D eigenvalue weighted by Gasteiger charge is -2.11. The molecule has 1 fully saturated rings. The number of sulfone groups is 1. The van der Waals surface area contributed by atoms with Crippen molar-refractivity contribution in [2.45, 2.75) is 16.5 Å². The maximum atomic E-state index is 13.0. The Morgan fingerprint density at radius 3 is 2.55 bits per heavy atom. The molecule has 9 heteroatoms. The summed E-state index contributed by atoms with van der Waals surface area (Å²) in [6.07, 6.45) is -0.902. The van der Waals surface area contributed by atoms with E-state index in [0.29, 0.717) is 16.5 Å². The molecular weight excluding hydrogens is 329 g/mol. The molecule has 1 N–H and O–H groups in total. The molecule has 1 aromatic heterocycles. The largest absolute Gasteiger partial charge is 0.391 e. The highest BCUT2D eigenvalue weighted by atomic mass is 32.2. The summed E-state index contributed by atoms with van der Waals surface area (Å²) in [5.41, 5.74) is 0.711. The van der Waals surface area contributed by atoms with Gasteiger partial charge in [-0.2, -0.15) is 0 Å².